The van der Waals surface area contributed by atoms with Gasteiger partial charge in [0.15, 0.2) is 0 Å². The molecule has 0 saturated carbocycles. The molecule has 6 aromatic carbocycles. The first kappa shape index (κ1) is 45.5. The summed E-state index contributed by atoms with van der Waals surface area (Å²) in [6, 6.07) is 28.2. The third-order valence-corrected chi connectivity index (χ3v) is 11.8. The average molecular weight is 893 g/mol. The molecular formula is C54H56N2O10. The van der Waals surface area contributed by atoms with E-state index in [4.69, 9.17) is 18.9 Å². The topological polar surface area (TPSA) is 152 Å². The number of carbonyl (C=O) groups excluding carboxylic acids is 2. The van der Waals surface area contributed by atoms with E-state index in [1.165, 1.54) is 0 Å². The van der Waals surface area contributed by atoms with E-state index >= 15 is 0 Å². The van der Waals surface area contributed by atoms with Gasteiger partial charge in [0.1, 0.15) is 23.0 Å². The van der Waals surface area contributed by atoms with Gasteiger partial charge in [-0.1, -0.05) is 100 Å². The molecule has 342 valence electrons. The van der Waals surface area contributed by atoms with Gasteiger partial charge in [0, 0.05) is 44.0 Å². The van der Waals surface area contributed by atoms with Gasteiger partial charge in [-0.25, -0.2) is 0 Å². The van der Waals surface area contributed by atoms with Gasteiger partial charge < -0.3 is 39.0 Å². The number of anilines is 2. The Morgan fingerprint density at radius 3 is 1.26 bits per heavy atom. The lowest BCUT2D eigenvalue weighted by atomic mass is 9.81. The van der Waals surface area contributed by atoms with Gasteiger partial charge in [-0.05, 0) is 74.9 Å². The maximum Gasteiger partial charge on any atom is 0.312 e. The Morgan fingerprint density at radius 2 is 0.848 bits per heavy atom. The summed E-state index contributed by atoms with van der Waals surface area (Å²) in [5, 5.41) is 24.5. The molecular weight excluding hydrogens is 837 g/mol. The van der Waals surface area contributed by atoms with Crippen LogP contribution >= 0.6 is 0 Å². The molecule has 0 saturated heterocycles. The molecule has 2 unspecified atom stereocenters. The van der Waals surface area contributed by atoms with E-state index in [0.717, 1.165) is 21.5 Å². The fourth-order valence-corrected chi connectivity index (χ4v) is 8.98. The van der Waals surface area contributed by atoms with Gasteiger partial charge in [-0.3, -0.25) is 19.2 Å². The largest absolute Gasteiger partial charge is 0.492 e. The summed E-state index contributed by atoms with van der Waals surface area (Å²) < 4.78 is 25.5. The van der Waals surface area contributed by atoms with Crippen molar-refractivity contribution in [2.45, 2.75) is 92.5 Å². The monoisotopic (exact) mass is 892 g/mol. The zero-order chi connectivity index (χ0) is 47.1. The number of fused-ring (bicyclic) bond motifs is 4. The van der Waals surface area contributed by atoms with Crippen LogP contribution in [0.15, 0.2) is 97.1 Å². The lowest BCUT2D eigenvalue weighted by Gasteiger charge is -2.23. The summed E-state index contributed by atoms with van der Waals surface area (Å²) in [6.45, 7) is 17.1. The molecule has 2 atom stereocenters. The predicted octanol–water partition coefficient (Wildman–Crippen LogP) is 11.0. The smallest absolute Gasteiger partial charge is 0.312 e. The molecule has 12 nitrogen and oxygen atoms in total. The summed E-state index contributed by atoms with van der Waals surface area (Å²) in [5.74, 6) is -3.59. The first-order chi connectivity index (χ1) is 31.5. The van der Waals surface area contributed by atoms with Gasteiger partial charge in [0.2, 0.25) is 0 Å². The number of ether oxygens (including phenoxy) is 4. The van der Waals surface area contributed by atoms with E-state index in [0.29, 0.717) is 69.8 Å². The van der Waals surface area contributed by atoms with Crippen molar-refractivity contribution < 1.29 is 48.3 Å². The maximum atomic E-state index is 14.4. The van der Waals surface area contributed by atoms with Crippen LogP contribution in [0.25, 0.3) is 21.5 Å². The number of carboxylic acid groups (broad SMARTS) is 2. The normalized spacial score (nSPS) is 14.4. The second-order valence-corrected chi connectivity index (χ2v) is 18.5. The fraction of sp³-hybridized carbons (Fsp3) is 0.333. The zero-order valence-electron chi connectivity index (χ0n) is 38.6. The molecule has 6 aromatic rings. The molecule has 2 N–H and O–H groups in total. The van der Waals surface area contributed by atoms with Crippen molar-refractivity contribution in [1.29, 1.82) is 0 Å². The van der Waals surface area contributed by atoms with E-state index in [2.05, 4.69) is 13.8 Å². The van der Waals surface area contributed by atoms with E-state index < -0.39 is 23.8 Å². The highest BCUT2D eigenvalue weighted by Gasteiger charge is 2.41. The molecule has 66 heavy (non-hydrogen) atoms. The zero-order valence-corrected chi connectivity index (χ0v) is 38.6. The second-order valence-electron chi connectivity index (χ2n) is 18.5. The first-order valence-corrected chi connectivity index (χ1v) is 22.6. The number of carboxylic acids is 2. The van der Waals surface area contributed by atoms with Crippen LogP contribution in [0.4, 0.5) is 11.4 Å². The Morgan fingerprint density at radius 1 is 0.500 bits per heavy atom. The van der Waals surface area contributed by atoms with Crippen LogP contribution in [0.2, 0.25) is 0 Å². The lowest BCUT2D eigenvalue weighted by molar-refractivity contribution is -0.147. The highest BCUT2D eigenvalue weighted by atomic mass is 16.5. The summed E-state index contributed by atoms with van der Waals surface area (Å²) in [6.07, 6.45) is -0.384. The fourth-order valence-electron chi connectivity index (χ4n) is 8.98. The van der Waals surface area contributed by atoms with Crippen molar-refractivity contribution in [3.05, 3.63) is 130 Å². The molecule has 0 spiro atoms. The number of hydrogen-bond donors (Lipinski definition) is 2. The van der Waals surface area contributed by atoms with Crippen LogP contribution in [-0.4, -0.2) is 59.4 Å². The molecule has 12 heteroatoms. The van der Waals surface area contributed by atoms with E-state index in [-0.39, 0.29) is 60.1 Å². The molecule has 2 amide bonds. The SMILES string of the molecule is CC(C)COc1c2c(c(OC(C)C)c3ccccc13)C(=O)N(c1ccc(C(C(=O)O)C(C(=O)O)c3ccc(N4Cc5c(c(OCC(C)C)c6ccccc6c5OC(C)C)C4=O)cc3)cc1)C2. The Kier molecular flexibility index (Phi) is 12.7. The van der Waals surface area contributed by atoms with Gasteiger partial charge in [0.25, 0.3) is 11.8 Å². The van der Waals surface area contributed by atoms with Crippen LogP contribution in [-0.2, 0) is 22.7 Å². The highest BCUT2D eigenvalue weighted by molar-refractivity contribution is 6.18. The summed E-state index contributed by atoms with van der Waals surface area (Å²) in [4.78, 5) is 58.2. The van der Waals surface area contributed by atoms with Crippen LogP contribution in [0.3, 0.4) is 0 Å². The number of benzene rings is 6. The Balaban J connectivity index is 1.09. The molecule has 0 fully saturated rings. The van der Waals surface area contributed by atoms with Crippen molar-refractivity contribution in [2.24, 2.45) is 11.8 Å². The minimum atomic E-state index is -1.50. The third kappa shape index (κ3) is 8.48. The predicted molar refractivity (Wildman–Crippen MR) is 255 cm³/mol. The molecule has 0 aliphatic carbocycles. The van der Waals surface area contributed by atoms with Crippen molar-refractivity contribution in [1.82, 2.24) is 0 Å². The number of carbonyl (C=O) groups is 4. The van der Waals surface area contributed by atoms with Crippen molar-refractivity contribution >= 4 is 56.7 Å². The van der Waals surface area contributed by atoms with Gasteiger partial charge in [-0.2, -0.15) is 0 Å². The Hall–Kier alpha value is -7.08. The van der Waals surface area contributed by atoms with E-state index in [1.807, 2.05) is 90.1 Å². The van der Waals surface area contributed by atoms with Crippen molar-refractivity contribution in [3.63, 3.8) is 0 Å². The highest BCUT2D eigenvalue weighted by Crippen LogP contribution is 2.49. The number of hydrogen-bond acceptors (Lipinski definition) is 8. The minimum Gasteiger partial charge on any atom is -0.492 e. The molecule has 0 radical (unpaired) electrons. The number of aliphatic carboxylic acids is 2. The van der Waals surface area contributed by atoms with Gasteiger partial charge in [-0.15, -0.1) is 0 Å². The first-order valence-electron chi connectivity index (χ1n) is 22.6. The van der Waals surface area contributed by atoms with Gasteiger partial charge >= 0.3 is 11.9 Å². The van der Waals surface area contributed by atoms with Crippen LogP contribution in [0.5, 0.6) is 23.0 Å². The Bertz CT molecular complexity index is 2790. The second kappa shape index (κ2) is 18.4. The summed E-state index contributed by atoms with van der Waals surface area (Å²) >= 11 is 0. The van der Waals surface area contributed by atoms with E-state index in [1.54, 1.807) is 58.3 Å². The molecule has 0 bridgehead atoms. The summed E-state index contributed by atoms with van der Waals surface area (Å²) in [5.41, 5.74) is 3.72. The Labute approximate surface area is 384 Å². The maximum absolute atomic E-state index is 14.4. The van der Waals surface area contributed by atoms with Crippen LogP contribution in [0.1, 0.15) is 110 Å². The van der Waals surface area contributed by atoms with Crippen molar-refractivity contribution in [2.75, 3.05) is 23.0 Å². The molecule has 8 rings (SSSR count). The molecule has 2 aliphatic heterocycles. The third-order valence-electron chi connectivity index (χ3n) is 11.8. The van der Waals surface area contributed by atoms with Gasteiger partial charge in [0.05, 0.1) is 61.5 Å². The summed E-state index contributed by atoms with van der Waals surface area (Å²) in [7, 11) is 0. The van der Waals surface area contributed by atoms with E-state index in [9.17, 15) is 29.4 Å². The molecule has 2 heterocycles. The van der Waals surface area contributed by atoms with Crippen molar-refractivity contribution in [3.8, 4) is 23.0 Å². The minimum absolute atomic E-state index is 0.170. The average Bonchev–Trinajstić information content (AvgIpc) is 3.80. The number of amides is 2. The van der Waals surface area contributed by atoms with Crippen LogP contribution < -0.4 is 28.7 Å². The molecule has 2 aliphatic rings. The number of nitrogens with zero attached hydrogens (tertiary/aromatic N) is 2. The standard InChI is InChI=1S/C54H56N2O10/c1-29(2)27-63-47-37-13-9-12-16-40(37)50(66-32(7)8)46-41(47)25-55(52(46)58)35-21-17-33(18-22-35)43(53(59)60)44(54(61)62)34-19-23-36(24-20-34)56-26-42-45(51(56)57)49(64-28-30(3)4)39-15-11-10-14-38(39)48(42)65-31(5)6/h9-24,29-32,43-44H,25-28H2,1-8H3,(H,59,60)(H,61,62). The number of rotatable bonds is 17. The molecule has 0 aromatic heterocycles. The van der Waals surface area contributed by atoms with Crippen LogP contribution in [0, 0.1) is 11.8 Å². The quantitative estimate of drug-likeness (QED) is 0.0905. The lowest BCUT2D eigenvalue weighted by Crippen LogP contribution is -2.27.